The molecule has 19 heavy (non-hydrogen) atoms. The summed E-state index contributed by atoms with van der Waals surface area (Å²) >= 11 is 0. The first-order valence-corrected chi connectivity index (χ1v) is 7.00. The van der Waals surface area contributed by atoms with Gasteiger partial charge in [-0.15, -0.1) is 0 Å². The average molecular weight is 257 g/mol. The maximum atomic E-state index is 5.68. The fourth-order valence-electron chi connectivity index (χ4n) is 3.55. The minimum absolute atomic E-state index is 0.388. The van der Waals surface area contributed by atoms with Crippen molar-refractivity contribution in [2.24, 2.45) is 22.9 Å². The van der Waals surface area contributed by atoms with Crippen LogP contribution in [0.4, 0.5) is 5.69 Å². The monoisotopic (exact) mass is 257 g/mol. The molecule has 4 heteroatoms. The van der Waals surface area contributed by atoms with Crippen molar-refractivity contribution in [3.63, 3.8) is 0 Å². The molecule has 3 aliphatic rings. The van der Waals surface area contributed by atoms with E-state index in [4.69, 9.17) is 4.84 Å². The van der Waals surface area contributed by atoms with Gasteiger partial charge in [0, 0.05) is 11.6 Å². The molecule has 0 aromatic heterocycles. The van der Waals surface area contributed by atoms with E-state index in [2.05, 4.69) is 53.5 Å². The number of piperidine rings is 1. The van der Waals surface area contributed by atoms with Crippen LogP contribution in [-0.4, -0.2) is 24.7 Å². The van der Waals surface area contributed by atoms with Gasteiger partial charge in [-0.25, -0.2) is 0 Å². The Hall–Kier alpha value is -1.55. The van der Waals surface area contributed by atoms with Crippen LogP contribution >= 0.6 is 0 Å². The Balaban J connectivity index is 1.67. The van der Waals surface area contributed by atoms with Gasteiger partial charge in [-0.3, -0.25) is 4.90 Å². The van der Waals surface area contributed by atoms with Gasteiger partial charge in [-0.1, -0.05) is 23.4 Å². The van der Waals surface area contributed by atoms with Gasteiger partial charge in [0.2, 0.25) is 5.72 Å². The first kappa shape index (κ1) is 11.3. The predicted octanol–water partition coefficient (Wildman–Crippen LogP) is 2.04. The molecule has 2 aliphatic heterocycles. The number of hydrogen-bond acceptors (Lipinski definition) is 4. The second-order valence-electron chi connectivity index (χ2n) is 6.17. The van der Waals surface area contributed by atoms with Gasteiger partial charge < -0.3 is 10.2 Å². The summed E-state index contributed by atoms with van der Waals surface area (Å²) < 4.78 is 0. The highest BCUT2D eigenvalue weighted by Crippen LogP contribution is 2.52. The van der Waals surface area contributed by atoms with Crippen LogP contribution in [0.1, 0.15) is 13.8 Å². The number of benzene rings is 1. The van der Waals surface area contributed by atoms with Crippen molar-refractivity contribution in [1.29, 1.82) is 0 Å². The average Bonchev–Trinajstić information content (AvgIpc) is 2.76. The molecule has 1 N–H and O–H groups in total. The molecule has 1 aromatic carbocycles. The van der Waals surface area contributed by atoms with Gasteiger partial charge in [-0.2, -0.15) is 0 Å². The van der Waals surface area contributed by atoms with Crippen molar-refractivity contribution in [1.82, 2.24) is 5.32 Å². The molecule has 4 rings (SSSR count). The van der Waals surface area contributed by atoms with E-state index in [0.29, 0.717) is 5.92 Å². The number of nitrogens with one attached hydrogen (secondary N) is 1. The third-order valence-corrected chi connectivity index (χ3v) is 4.53. The topological polar surface area (TPSA) is 36.9 Å². The van der Waals surface area contributed by atoms with Crippen LogP contribution < -0.4 is 10.2 Å². The largest absolute Gasteiger partial charge is 0.366 e. The molecule has 4 nitrogen and oxygen atoms in total. The summed E-state index contributed by atoms with van der Waals surface area (Å²) in [5.74, 6) is 3.20. The maximum Gasteiger partial charge on any atom is 0.209 e. The Labute approximate surface area is 113 Å². The lowest BCUT2D eigenvalue weighted by Gasteiger charge is -2.31. The molecule has 0 amide bonds. The van der Waals surface area contributed by atoms with E-state index < -0.39 is 0 Å². The van der Waals surface area contributed by atoms with E-state index in [1.54, 1.807) is 0 Å². The van der Waals surface area contributed by atoms with Gasteiger partial charge in [0.05, 0.1) is 0 Å². The fourth-order valence-corrected chi connectivity index (χ4v) is 3.55. The lowest BCUT2D eigenvalue weighted by molar-refractivity contribution is 0.0138. The molecular weight excluding hydrogens is 238 g/mol. The van der Waals surface area contributed by atoms with Gasteiger partial charge >= 0.3 is 0 Å². The molecule has 1 aliphatic carbocycles. The summed E-state index contributed by atoms with van der Waals surface area (Å²) in [4.78, 5) is 7.94. The summed E-state index contributed by atoms with van der Waals surface area (Å²) in [6, 6.07) is 10.4. The number of para-hydroxylation sites is 1. The Morgan fingerprint density at radius 3 is 2.58 bits per heavy atom. The summed E-state index contributed by atoms with van der Waals surface area (Å²) in [6.07, 6.45) is 0. The number of nitrogens with zero attached hydrogens (tertiary/aromatic N) is 2. The fraction of sp³-hybridized carbons (Fsp3) is 0.533. The molecule has 2 atom stereocenters. The van der Waals surface area contributed by atoms with Gasteiger partial charge in [0.1, 0.15) is 0 Å². The SMILES string of the molecule is CC1(C)ON=C(C2C3CNCC32)N1c1ccccc1. The van der Waals surface area contributed by atoms with E-state index in [-0.39, 0.29) is 5.72 Å². The quantitative estimate of drug-likeness (QED) is 0.881. The van der Waals surface area contributed by atoms with Crippen LogP contribution in [0.5, 0.6) is 0 Å². The first-order chi connectivity index (χ1) is 9.18. The Morgan fingerprint density at radius 2 is 1.89 bits per heavy atom. The Kier molecular flexibility index (Phi) is 2.22. The van der Waals surface area contributed by atoms with Crippen molar-refractivity contribution in [2.75, 3.05) is 18.0 Å². The van der Waals surface area contributed by atoms with Crippen LogP contribution in [0.3, 0.4) is 0 Å². The second kappa shape index (κ2) is 3.73. The zero-order valence-corrected chi connectivity index (χ0v) is 11.3. The molecule has 2 heterocycles. The van der Waals surface area contributed by atoms with Crippen molar-refractivity contribution < 1.29 is 4.84 Å². The lowest BCUT2D eigenvalue weighted by atomic mass is 10.1. The summed E-state index contributed by atoms with van der Waals surface area (Å²) in [5.41, 5.74) is 0.780. The predicted molar refractivity (Wildman–Crippen MR) is 74.9 cm³/mol. The molecule has 0 bridgehead atoms. The van der Waals surface area contributed by atoms with E-state index in [0.717, 1.165) is 30.8 Å². The second-order valence-corrected chi connectivity index (χ2v) is 6.17. The smallest absolute Gasteiger partial charge is 0.209 e. The van der Waals surface area contributed by atoms with Crippen molar-refractivity contribution in [3.05, 3.63) is 30.3 Å². The molecule has 0 radical (unpaired) electrons. The summed E-state index contributed by atoms with van der Waals surface area (Å²) in [6.45, 7) is 6.40. The number of rotatable bonds is 2. The molecule has 1 saturated heterocycles. The Morgan fingerprint density at radius 1 is 1.21 bits per heavy atom. The van der Waals surface area contributed by atoms with Crippen LogP contribution in [0.25, 0.3) is 0 Å². The Bertz CT molecular complexity index is 515. The third kappa shape index (κ3) is 1.59. The molecule has 100 valence electrons. The normalized spacial score (nSPS) is 34.7. The van der Waals surface area contributed by atoms with Gasteiger partial charge in [0.15, 0.2) is 5.84 Å². The highest BCUT2D eigenvalue weighted by atomic mass is 16.7. The highest BCUT2D eigenvalue weighted by Gasteiger charge is 2.59. The van der Waals surface area contributed by atoms with Crippen LogP contribution in [0.2, 0.25) is 0 Å². The number of amidine groups is 1. The lowest BCUT2D eigenvalue weighted by Crippen LogP contribution is -2.45. The molecule has 2 unspecified atom stereocenters. The minimum Gasteiger partial charge on any atom is -0.366 e. The molecular formula is C15H19N3O. The molecule has 0 spiro atoms. The van der Waals surface area contributed by atoms with Crippen LogP contribution in [0.15, 0.2) is 35.5 Å². The van der Waals surface area contributed by atoms with Crippen molar-refractivity contribution in [2.45, 2.75) is 19.6 Å². The van der Waals surface area contributed by atoms with Crippen molar-refractivity contribution >= 4 is 11.5 Å². The number of anilines is 1. The number of hydrogen-bond donors (Lipinski definition) is 1. The summed E-state index contributed by atoms with van der Waals surface area (Å²) in [5, 5.41) is 7.84. The highest BCUT2D eigenvalue weighted by molar-refractivity contribution is 6.03. The van der Waals surface area contributed by atoms with Gasteiger partial charge in [0.25, 0.3) is 0 Å². The molecule has 2 fully saturated rings. The van der Waals surface area contributed by atoms with Gasteiger partial charge in [-0.05, 0) is 50.9 Å². The minimum atomic E-state index is -0.388. The van der Waals surface area contributed by atoms with E-state index in [9.17, 15) is 0 Å². The van der Waals surface area contributed by atoms with E-state index in [1.165, 1.54) is 5.69 Å². The number of oxime groups is 1. The first-order valence-electron chi connectivity index (χ1n) is 7.00. The van der Waals surface area contributed by atoms with Crippen molar-refractivity contribution in [3.8, 4) is 0 Å². The molecule has 1 saturated carbocycles. The molecule has 1 aromatic rings. The van der Waals surface area contributed by atoms with E-state index >= 15 is 0 Å². The van der Waals surface area contributed by atoms with Crippen LogP contribution in [-0.2, 0) is 4.84 Å². The zero-order valence-electron chi connectivity index (χ0n) is 11.3. The summed E-state index contributed by atoms with van der Waals surface area (Å²) in [7, 11) is 0. The zero-order chi connectivity index (χ0) is 13.0. The number of fused-ring (bicyclic) bond motifs is 1. The standard InChI is InChI=1S/C15H19N3O/c1-15(2)18(10-6-4-3-5-7-10)14(17-19-15)13-11-8-16-9-12(11)13/h3-7,11-13,16H,8-9H2,1-2H3. The van der Waals surface area contributed by atoms with E-state index in [1.807, 2.05) is 6.07 Å². The maximum absolute atomic E-state index is 5.68. The third-order valence-electron chi connectivity index (χ3n) is 4.53. The van der Waals surface area contributed by atoms with Crippen LogP contribution in [0, 0.1) is 17.8 Å².